The summed E-state index contributed by atoms with van der Waals surface area (Å²) < 4.78 is 37.1. The number of halogens is 2. The third kappa shape index (κ3) is 5.65. The van der Waals surface area contributed by atoms with Gasteiger partial charge in [0, 0.05) is 17.0 Å². The summed E-state index contributed by atoms with van der Waals surface area (Å²) in [6.07, 6.45) is -0.286. The van der Waals surface area contributed by atoms with Gasteiger partial charge in [-0.05, 0) is 42.5 Å². The third-order valence-corrected chi connectivity index (χ3v) is 5.31. The van der Waals surface area contributed by atoms with Crippen molar-refractivity contribution >= 4 is 33.1 Å². The minimum absolute atomic E-state index is 0.0372. The van der Waals surface area contributed by atoms with Crippen molar-refractivity contribution in [3.8, 4) is 0 Å². The summed E-state index contributed by atoms with van der Waals surface area (Å²) in [7, 11) is -3.65. The molecule has 0 aliphatic heterocycles. The van der Waals surface area contributed by atoms with E-state index in [2.05, 4.69) is 5.32 Å². The van der Waals surface area contributed by atoms with E-state index in [1.807, 2.05) is 0 Å². The fraction of sp³-hybridized carbons (Fsp3) is 0.176. The van der Waals surface area contributed by atoms with Crippen LogP contribution in [-0.2, 0) is 14.6 Å². The molecule has 0 unspecified atom stereocenters. The number of sulfone groups is 1. The molecular formula is C17H15ClFNO4S. The predicted octanol–water partition coefficient (Wildman–Crippen LogP) is 2.64. The van der Waals surface area contributed by atoms with Crippen LogP contribution in [0.3, 0.4) is 0 Å². The van der Waals surface area contributed by atoms with Crippen molar-refractivity contribution in [2.24, 2.45) is 0 Å². The fourth-order valence-corrected chi connectivity index (χ4v) is 3.55. The molecule has 132 valence electrons. The van der Waals surface area contributed by atoms with Crippen LogP contribution in [-0.4, -0.2) is 32.4 Å². The zero-order valence-electron chi connectivity index (χ0n) is 13.0. The Morgan fingerprint density at radius 1 is 1.08 bits per heavy atom. The number of Topliss-reactive ketones (excluding diaryl/α,β-unsaturated/α-hetero) is 1. The average Bonchev–Trinajstić information content (AvgIpc) is 2.58. The first kappa shape index (κ1) is 19.1. The quantitative estimate of drug-likeness (QED) is 0.745. The second-order valence-corrected chi connectivity index (χ2v) is 7.78. The SMILES string of the molecule is O=C(CCS(=O)(=O)c1cccc(Cl)c1)NCC(=O)c1ccc(F)cc1. The lowest BCUT2D eigenvalue weighted by Gasteiger charge is -2.06. The molecule has 0 aliphatic carbocycles. The number of hydrogen-bond donors (Lipinski definition) is 1. The number of benzene rings is 2. The summed E-state index contributed by atoms with van der Waals surface area (Å²) in [5.41, 5.74) is 0.258. The Kier molecular flexibility index (Phi) is 6.27. The summed E-state index contributed by atoms with van der Waals surface area (Å²) >= 11 is 5.76. The number of amides is 1. The minimum atomic E-state index is -3.65. The van der Waals surface area contributed by atoms with E-state index in [1.165, 1.54) is 30.3 Å². The maximum absolute atomic E-state index is 12.8. The molecule has 0 fully saturated rings. The van der Waals surface area contributed by atoms with Gasteiger partial charge in [-0.15, -0.1) is 0 Å². The van der Waals surface area contributed by atoms with Crippen LogP contribution in [0.15, 0.2) is 53.4 Å². The van der Waals surface area contributed by atoms with E-state index < -0.39 is 33.1 Å². The Bertz CT molecular complexity index is 882. The lowest BCUT2D eigenvalue weighted by Crippen LogP contribution is -2.30. The second kappa shape index (κ2) is 8.22. The average molecular weight is 384 g/mol. The van der Waals surface area contributed by atoms with Gasteiger partial charge in [0.05, 0.1) is 17.2 Å². The molecule has 1 amide bonds. The Hall–Kier alpha value is -2.25. The van der Waals surface area contributed by atoms with Gasteiger partial charge in [-0.25, -0.2) is 12.8 Å². The molecule has 8 heteroatoms. The van der Waals surface area contributed by atoms with Crippen molar-refractivity contribution in [3.63, 3.8) is 0 Å². The largest absolute Gasteiger partial charge is 0.349 e. The third-order valence-electron chi connectivity index (χ3n) is 3.37. The van der Waals surface area contributed by atoms with Gasteiger partial charge in [-0.1, -0.05) is 17.7 Å². The molecule has 5 nitrogen and oxygen atoms in total. The number of carbonyl (C=O) groups is 2. The molecule has 0 aliphatic rings. The number of hydrogen-bond acceptors (Lipinski definition) is 4. The Morgan fingerprint density at radius 3 is 2.40 bits per heavy atom. The molecule has 0 bridgehead atoms. The number of carbonyl (C=O) groups excluding carboxylic acids is 2. The highest BCUT2D eigenvalue weighted by Gasteiger charge is 2.17. The monoisotopic (exact) mass is 383 g/mol. The van der Waals surface area contributed by atoms with E-state index in [-0.39, 0.29) is 28.4 Å². The molecule has 0 atom stereocenters. The molecule has 0 saturated heterocycles. The molecule has 0 heterocycles. The van der Waals surface area contributed by atoms with Gasteiger partial charge in [0.1, 0.15) is 5.82 Å². The highest BCUT2D eigenvalue weighted by molar-refractivity contribution is 7.91. The maximum Gasteiger partial charge on any atom is 0.221 e. The van der Waals surface area contributed by atoms with Crippen LogP contribution < -0.4 is 5.32 Å². The van der Waals surface area contributed by atoms with E-state index in [9.17, 15) is 22.4 Å². The smallest absolute Gasteiger partial charge is 0.221 e. The molecule has 2 aromatic rings. The summed E-state index contributed by atoms with van der Waals surface area (Å²) in [5, 5.41) is 2.65. The van der Waals surface area contributed by atoms with Gasteiger partial charge < -0.3 is 5.32 Å². The molecule has 25 heavy (non-hydrogen) atoms. The predicted molar refractivity (Wildman–Crippen MR) is 91.9 cm³/mol. The first-order valence-corrected chi connectivity index (χ1v) is 9.35. The van der Waals surface area contributed by atoms with E-state index in [4.69, 9.17) is 11.6 Å². The van der Waals surface area contributed by atoms with Crippen molar-refractivity contribution in [1.29, 1.82) is 0 Å². The van der Waals surface area contributed by atoms with Gasteiger partial charge in [-0.3, -0.25) is 9.59 Å². The molecule has 0 saturated carbocycles. The minimum Gasteiger partial charge on any atom is -0.349 e. The topological polar surface area (TPSA) is 80.3 Å². The van der Waals surface area contributed by atoms with Crippen molar-refractivity contribution in [2.45, 2.75) is 11.3 Å². The molecular weight excluding hydrogens is 369 g/mol. The molecule has 0 spiro atoms. The Labute approximate surface area is 149 Å². The molecule has 0 aromatic heterocycles. The van der Waals surface area contributed by atoms with Crippen molar-refractivity contribution in [2.75, 3.05) is 12.3 Å². The fourth-order valence-electron chi connectivity index (χ4n) is 2.01. The zero-order valence-corrected chi connectivity index (χ0v) is 14.6. The summed E-state index contributed by atoms with van der Waals surface area (Å²) in [6, 6.07) is 10.7. The van der Waals surface area contributed by atoms with Gasteiger partial charge in [0.2, 0.25) is 5.91 Å². The first-order chi connectivity index (χ1) is 11.8. The van der Waals surface area contributed by atoms with Crippen LogP contribution in [0.2, 0.25) is 5.02 Å². The van der Waals surface area contributed by atoms with E-state index >= 15 is 0 Å². The summed E-state index contributed by atoms with van der Waals surface area (Å²) in [6.45, 7) is -0.290. The van der Waals surface area contributed by atoms with Crippen LogP contribution in [0, 0.1) is 5.82 Å². The molecule has 2 aromatic carbocycles. The van der Waals surface area contributed by atoms with Crippen molar-refractivity contribution in [3.05, 3.63) is 64.9 Å². The standard InChI is InChI=1S/C17H15ClFNO4S/c18-13-2-1-3-15(10-13)25(23,24)9-8-17(22)20-11-16(21)12-4-6-14(19)7-5-12/h1-7,10H,8-9,11H2,(H,20,22). The molecule has 0 radical (unpaired) electrons. The van der Waals surface area contributed by atoms with E-state index in [0.29, 0.717) is 0 Å². The van der Waals surface area contributed by atoms with Crippen LogP contribution in [0.4, 0.5) is 4.39 Å². The zero-order chi connectivity index (χ0) is 18.4. The van der Waals surface area contributed by atoms with E-state index in [0.717, 1.165) is 12.1 Å². The highest BCUT2D eigenvalue weighted by atomic mass is 35.5. The van der Waals surface area contributed by atoms with E-state index in [1.54, 1.807) is 6.07 Å². The van der Waals surface area contributed by atoms with Gasteiger partial charge >= 0.3 is 0 Å². The Balaban J connectivity index is 1.86. The lowest BCUT2D eigenvalue weighted by atomic mass is 10.1. The number of rotatable bonds is 7. The summed E-state index contributed by atoms with van der Waals surface area (Å²) in [5.74, 6) is -1.83. The first-order valence-electron chi connectivity index (χ1n) is 7.32. The Morgan fingerprint density at radius 2 is 1.76 bits per heavy atom. The second-order valence-electron chi connectivity index (χ2n) is 5.23. The van der Waals surface area contributed by atoms with Crippen LogP contribution in [0.1, 0.15) is 16.8 Å². The normalized spacial score (nSPS) is 11.1. The van der Waals surface area contributed by atoms with Crippen LogP contribution in [0.25, 0.3) is 0 Å². The van der Waals surface area contributed by atoms with Gasteiger partial charge in [0.25, 0.3) is 0 Å². The molecule has 1 N–H and O–H groups in total. The number of nitrogens with one attached hydrogen (secondary N) is 1. The highest BCUT2D eigenvalue weighted by Crippen LogP contribution is 2.17. The maximum atomic E-state index is 12.8. The van der Waals surface area contributed by atoms with Gasteiger partial charge in [-0.2, -0.15) is 0 Å². The van der Waals surface area contributed by atoms with Crippen molar-refractivity contribution in [1.82, 2.24) is 5.32 Å². The molecule has 2 rings (SSSR count). The number of ketones is 1. The summed E-state index contributed by atoms with van der Waals surface area (Å²) in [4.78, 5) is 23.7. The lowest BCUT2D eigenvalue weighted by molar-refractivity contribution is -0.120. The van der Waals surface area contributed by atoms with Crippen molar-refractivity contribution < 1.29 is 22.4 Å². The van der Waals surface area contributed by atoms with Gasteiger partial charge in [0.15, 0.2) is 15.6 Å². The van der Waals surface area contributed by atoms with Crippen LogP contribution >= 0.6 is 11.6 Å². The van der Waals surface area contributed by atoms with Crippen LogP contribution in [0.5, 0.6) is 0 Å².